The first-order chi connectivity index (χ1) is 5.38. The second-order valence-corrected chi connectivity index (χ2v) is 4.05. The molecular weight excluding hydrogens is 152 g/mol. The highest BCUT2D eigenvalue weighted by molar-refractivity contribution is 8.02. The molecule has 1 heteroatoms. The molecule has 1 aliphatic carbocycles. The van der Waals surface area contributed by atoms with Crippen molar-refractivity contribution in [2.45, 2.75) is 45.4 Å². The fraction of sp³-hybridized carbons (Fsp3) is 0.800. The lowest BCUT2D eigenvalue weighted by Gasteiger charge is -2.17. The maximum atomic E-state index is 2.27. The third-order valence-electron chi connectivity index (χ3n) is 2.42. The summed E-state index contributed by atoms with van der Waals surface area (Å²) in [5.74, 6) is 0. The summed E-state index contributed by atoms with van der Waals surface area (Å²) in [5, 5.41) is 0. The third kappa shape index (κ3) is 2.55. The Bertz CT molecular complexity index is 133. The highest BCUT2D eigenvalue weighted by Crippen LogP contribution is 2.31. The molecule has 0 aromatic carbocycles. The van der Waals surface area contributed by atoms with Crippen molar-refractivity contribution in [2.75, 3.05) is 6.26 Å². The zero-order chi connectivity index (χ0) is 8.10. The molecule has 1 fully saturated rings. The van der Waals surface area contributed by atoms with E-state index in [1.807, 2.05) is 11.8 Å². The molecule has 0 bridgehead atoms. The van der Waals surface area contributed by atoms with Gasteiger partial charge in [0.15, 0.2) is 0 Å². The average Bonchev–Trinajstić information content (AvgIpc) is 2.09. The van der Waals surface area contributed by atoms with E-state index < -0.39 is 0 Å². The summed E-state index contributed by atoms with van der Waals surface area (Å²) in [6.45, 7) is 2.27. The average molecular weight is 170 g/mol. The first-order valence-corrected chi connectivity index (χ1v) is 5.85. The van der Waals surface area contributed by atoms with Gasteiger partial charge in [-0.3, -0.25) is 0 Å². The minimum atomic E-state index is 1.25. The smallest absolute Gasteiger partial charge is 0.0140 e. The molecule has 0 aromatic heterocycles. The van der Waals surface area contributed by atoms with Gasteiger partial charge in [-0.25, -0.2) is 0 Å². The first kappa shape index (κ1) is 9.18. The molecule has 11 heavy (non-hydrogen) atoms. The van der Waals surface area contributed by atoms with Crippen LogP contribution in [0.2, 0.25) is 0 Å². The van der Waals surface area contributed by atoms with Crippen molar-refractivity contribution in [2.24, 2.45) is 0 Å². The fourth-order valence-corrected chi connectivity index (χ4v) is 2.58. The van der Waals surface area contributed by atoms with Crippen LogP contribution in [0.1, 0.15) is 45.4 Å². The summed E-state index contributed by atoms with van der Waals surface area (Å²) >= 11 is 1.96. The maximum absolute atomic E-state index is 2.27. The van der Waals surface area contributed by atoms with Crippen LogP contribution >= 0.6 is 11.8 Å². The van der Waals surface area contributed by atoms with Gasteiger partial charge in [-0.05, 0) is 43.3 Å². The fourth-order valence-electron chi connectivity index (χ4n) is 1.80. The molecule has 0 saturated heterocycles. The minimum Gasteiger partial charge on any atom is -0.134 e. The lowest BCUT2D eigenvalue weighted by molar-refractivity contribution is 0.595. The molecule has 0 heterocycles. The summed E-state index contributed by atoms with van der Waals surface area (Å²) in [4.78, 5) is 1.66. The van der Waals surface area contributed by atoms with Crippen LogP contribution in [-0.2, 0) is 0 Å². The van der Waals surface area contributed by atoms with Gasteiger partial charge in [0, 0.05) is 0 Å². The van der Waals surface area contributed by atoms with E-state index in [4.69, 9.17) is 0 Å². The van der Waals surface area contributed by atoms with E-state index in [0.29, 0.717) is 0 Å². The second kappa shape index (κ2) is 4.87. The normalized spacial score (nSPS) is 18.5. The van der Waals surface area contributed by atoms with E-state index in [0.717, 1.165) is 0 Å². The molecule has 1 aliphatic rings. The molecule has 1 rings (SSSR count). The molecule has 1 saturated carbocycles. The molecule has 0 spiro atoms. The van der Waals surface area contributed by atoms with Crippen LogP contribution in [0.5, 0.6) is 0 Å². The molecular formula is C10H18S. The number of hydrogen-bond donors (Lipinski definition) is 0. The standard InChI is InChI=1S/C10H18S/c1-3-10(11-2)9-7-5-4-6-8-9/h3-8H2,1-2H3. The van der Waals surface area contributed by atoms with E-state index in [-0.39, 0.29) is 0 Å². The Labute approximate surface area is 74.5 Å². The summed E-state index contributed by atoms with van der Waals surface area (Å²) in [6, 6.07) is 0. The molecule has 0 radical (unpaired) electrons. The van der Waals surface area contributed by atoms with Gasteiger partial charge in [-0.1, -0.05) is 18.9 Å². The van der Waals surface area contributed by atoms with Gasteiger partial charge >= 0.3 is 0 Å². The molecule has 0 N–H and O–H groups in total. The summed E-state index contributed by atoms with van der Waals surface area (Å²) in [6.07, 6.45) is 10.5. The van der Waals surface area contributed by atoms with Gasteiger partial charge in [0.1, 0.15) is 0 Å². The summed E-state index contributed by atoms with van der Waals surface area (Å²) in [5.41, 5.74) is 1.76. The molecule has 0 aliphatic heterocycles. The first-order valence-electron chi connectivity index (χ1n) is 4.63. The molecule has 0 aromatic rings. The van der Waals surface area contributed by atoms with E-state index in [1.165, 1.54) is 38.5 Å². The molecule has 64 valence electrons. The molecule has 0 unspecified atom stereocenters. The predicted molar refractivity (Wildman–Crippen MR) is 53.9 cm³/mol. The van der Waals surface area contributed by atoms with Crippen LogP contribution in [0.3, 0.4) is 0 Å². The Morgan fingerprint density at radius 2 is 1.91 bits per heavy atom. The Hall–Kier alpha value is 0.0900. The van der Waals surface area contributed by atoms with Crippen molar-refractivity contribution in [1.29, 1.82) is 0 Å². The summed E-state index contributed by atoms with van der Waals surface area (Å²) < 4.78 is 0. The Morgan fingerprint density at radius 1 is 1.27 bits per heavy atom. The van der Waals surface area contributed by atoms with E-state index in [9.17, 15) is 0 Å². The number of allylic oxidation sites excluding steroid dienone is 2. The van der Waals surface area contributed by atoms with Crippen molar-refractivity contribution in [3.05, 3.63) is 10.5 Å². The van der Waals surface area contributed by atoms with Crippen molar-refractivity contribution >= 4 is 11.8 Å². The van der Waals surface area contributed by atoms with Crippen LogP contribution in [0.25, 0.3) is 0 Å². The van der Waals surface area contributed by atoms with Gasteiger partial charge in [-0.15, -0.1) is 11.8 Å². The van der Waals surface area contributed by atoms with E-state index >= 15 is 0 Å². The summed E-state index contributed by atoms with van der Waals surface area (Å²) in [7, 11) is 0. The predicted octanol–water partition coefficient (Wildman–Crippen LogP) is 3.98. The van der Waals surface area contributed by atoms with Crippen LogP contribution in [0.4, 0.5) is 0 Å². The monoisotopic (exact) mass is 170 g/mol. The van der Waals surface area contributed by atoms with Crippen LogP contribution < -0.4 is 0 Å². The van der Waals surface area contributed by atoms with Crippen molar-refractivity contribution in [3.63, 3.8) is 0 Å². The van der Waals surface area contributed by atoms with Crippen molar-refractivity contribution in [3.8, 4) is 0 Å². The van der Waals surface area contributed by atoms with Gasteiger partial charge in [0.25, 0.3) is 0 Å². The molecule has 0 nitrogen and oxygen atoms in total. The highest BCUT2D eigenvalue weighted by Gasteiger charge is 2.08. The zero-order valence-electron chi connectivity index (χ0n) is 7.65. The zero-order valence-corrected chi connectivity index (χ0v) is 8.47. The van der Waals surface area contributed by atoms with Crippen LogP contribution in [0.15, 0.2) is 10.5 Å². The number of hydrogen-bond acceptors (Lipinski definition) is 1. The second-order valence-electron chi connectivity index (χ2n) is 3.15. The lowest BCUT2D eigenvalue weighted by atomic mass is 9.94. The Morgan fingerprint density at radius 3 is 2.36 bits per heavy atom. The minimum absolute atomic E-state index is 1.25. The van der Waals surface area contributed by atoms with E-state index in [2.05, 4.69) is 13.2 Å². The van der Waals surface area contributed by atoms with Gasteiger partial charge in [0.05, 0.1) is 0 Å². The highest BCUT2D eigenvalue weighted by atomic mass is 32.2. The quantitative estimate of drug-likeness (QED) is 0.604. The van der Waals surface area contributed by atoms with Crippen LogP contribution in [-0.4, -0.2) is 6.26 Å². The Balaban J connectivity index is 2.57. The van der Waals surface area contributed by atoms with E-state index in [1.54, 1.807) is 10.5 Å². The molecule has 0 amide bonds. The largest absolute Gasteiger partial charge is 0.134 e. The topological polar surface area (TPSA) is 0 Å². The SMILES string of the molecule is CCC(SC)=C1CCCCC1. The number of rotatable bonds is 2. The van der Waals surface area contributed by atoms with Crippen molar-refractivity contribution < 1.29 is 0 Å². The maximum Gasteiger partial charge on any atom is -0.0140 e. The lowest BCUT2D eigenvalue weighted by Crippen LogP contribution is -1.96. The third-order valence-corrected chi connectivity index (χ3v) is 3.49. The van der Waals surface area contributed by atoms with Gasteiger partial charge in [0.2, 0.25) is 0 Å². The van der Waals surface area contributed by atoms with Crippen LogP contribution in [0, 0.1) is 0 Å². The molecule has 0 atom stereocenters. The van der Waals surface area contributed by atoms with Crippen molar-refractivity contribution in [1.82, 2.24) is 0 Å². The number of thioether (sulfide) groups is 1. The van der Waals surface area contributed by atoms with Gasteiger partial charge < -0.3 is 0 Å². The van der Waals surface area contributed by atoms with Gasteiger partial charge in [-0.2, -0.15) is 0 Å². The Kier molecular flexibility index (Phi) is 4.06.